The van der Waals surface area contributed by atoms with Crippen LogP contribution in [0.2, 0.25) is 0 Å². The third-order valence-corrected chi connectivity index (χ3v) is 5.75. The third-order valence-electron chi connectivity index (χ3n) is 5.75. The average Bonchev–Trinajstić information content (AvgIpc) is 3.24. The van der Waals surface area contributed by atoms with Gasteiger partial charge in [-0.15, -0.1) is 0 Å². The van der Waals surface area contributed by atoms with Crippen molar-refractivity contribution >= 4 is 39.9 Å². The summed E-state index contributed by atoms with van der Waals surface area (Å²) in [5.41, 5.74) is 15.6. The monoisotopic (exact) mass is 470 g/mol. The second-order valence-electron chi connectivity index (χ2n) is 7.80. The molecule has 2 aromatic carbocycles. The molecule has 174 valence electrons. The lowest BCUT2D eigenvalue weighted by atomic mass is 10.0. The highest BCUT2D eigenvalue weighted by Gasteiger charge is 2.21. The Hall–Kier alpha value is -4.73. The molecule has 3 heterocycles. The zero-order valence-electron chi connectivity index (χ0n) is 18.6. The maximum absolute atomic E-state index is 15.0. The molecule has 0 atom stereocenters. The number of pyridine rings is 2. The summed E-state index contributed by atoms with van der Waals surface area (Å²) in [5.74, 6) is -0.187. The van der Waals surface area contributed by atoms with Gasteiger partial charge in [0.2, 0.25) is 0 Å². The maximum Gasteiger partial charge on any atom is 0.149 e. The van der Waals surface area contributed by atoms with Gasteiger partial charge in [0.05, 0.1) is 16.6 Å². The van der Waals surface area contributed by atoms with Crippen molar-refractivity contribution in [2.75, 3.05) is 5.73 Å². The number of nitrogen functional groups attached to an aromatic ring is 1. The second-order valence-corrected chi connectivity index (χ2v) is 7.80. The Morgan fingerprint density at radius 3 is 2.54 bits per heavy atom. The number of benzene rings is 2. The van der Waals surface area contributed by atoms with Gasteiger partial charge in [0.25, 0.3) is 0 Å². The zero-order chi connectivity index (χ0) is 24.7. The van der Waals surface area contributed by atoms with Crippen LogP contribution >= 0.6 is 0 Å². The van der Waals surface area contributed by atoms with Gasteiger partial charge < -0.3 is 11.5 Å². The molecule has 5 rings (SSSR count). The predicted molar refractivity (Wildman–Crippen MR) is 133 cm³/mol. The molecule has 8 nitrogen and oxygen atoms in total. The Morgan fingerprint density at radius 1 is 1.03 bits per heavy atom. The van der Waals surface area contributed by atoms with E-state index in [1.807, 2.05) is 13.0 Å². The fourth-order valence-electron chi connectivity index (χ4n) is 4.22. The van der Waals surface area contributed by atoms with E-state index < -0.39 is 11.6 Å². The van der Waals surface area contributed by atoms with Crippen molar-refractivity contribution in [3.63, 3.8) is 0 Å². The SMILES string of the molecule is CCc1nc2c(C(N)=NC=N)cc(-c3ccnc(N)c3)cc2n1-c1ccnc2c(F)ccc(F)c12. The van der Waals surface area contributed by atoms with Crippen LogP contribution in [0.15, 0.2) is 59.9 Å². The van der Waals surface area contributed by atoms with Gasteiger partial charge in [-0.2, -0.15) is 0 Å². The zero-order valence-corrected chi connectivity index (χ0v) is 18.6. The van der Waals surface area contributed by atoms with Crippen LogP contribution < -0.4 is 11.5 Å². The topological polar surface area (TPSA) is 132 Å². The fraction of sp³-hybridized carbons (Fsp3) is 0.0800. The number of amidine groups is 1. The van der Waals surface area contributed by atoms with Crippen molar-refractivity contribution in [3.8, 4) is 16.8 Å². The first-order valence-electron chi connectivity index (χ1n) is 10.8. The number of anilines is 1. The lowest BCUT2D eigenvalue weighted by Crippen LogP contribution is -2.14. The first kappa shape index (κ1) is 22.1. The number of halogens is 2. The van der Waals surface area contributed by atoms with Gasteiger partial charge in [0.1, 0.15) is 46.5 Å². The molecule has 0 fully saturated rings. The predicted octanol–water partition coefficient (Wildman–Crippen LogP) is 4.37. The molecule has 0 aliphatic carbocycles. The highest BCUT2D eigenvalue weighted by Crippen LogP contribution is 2.34. The largest absolute Gasteiger partial charge is 0.384 e. The Labute approximate surface area is 198 Å². The summed E-state index contributed by atoms with van der Waals surface area (Å²) in [6.45, 7) is 1.91. The van der Waals surface area contributed by atoms with Gasteiger partial charge in [-0.1, -0.05) is 6.92 Å². The van der Waals surface area contributed by atoms with Gasteiger partial charge in [0.15, 0.2) is 0 Å². The lowest BCUT2D eigenvalue weighted by molar-refractivity contribution is 0.614. The van der Waals surface area contributed by atoms with Crippen molar-refractivity contribution in [3.05, 3.63) is 77.9 Å². The molecule has 0 aliphatic heterocycles. The number of imidazole rings is 1. The van der Waals surface area contributed by atoms with Crippen molar-refractivity contribution < 1.29 is 8.78 Å². The Bertz CT molecular complexity index is 1660. The van der Waals surface area contributed by atoms with Crippen LogP contribution in [-0.2, 0) is 6.42 Å². The number of aryl methyl sites for hydroxylation is 1. The van der Waals surface area contributed by atoms with Crippen LogP contribution in [0, 0.1) is 17.0 Å². The van der Waals surface area contributed by atoms with Gasteiger partial charge in [-0.25, -0.2) is 23.7 Å². The molecule has 0 amide bonds. The van der Waals surface area contributed by atoms with Crippen molar-refractivity contribution in [1.29, 1.82) is 5.41 Å². The quantitative estimate of drug-likeness (QED) is 0.259. The van der Waals surface area contributed by atoms with Gasteiger partial charge >= 0.3 is 0 Å². The summed E-state index contributed by atoms with van der Waals surface area (Å²) in [4.78, 5) is 16.8. The normalized spacial score (nSPS) is 11.9. The van der Waals surface area contributed by atoms with Crippen molar-refractivity contribution in [2.45, 2.75) is 13.3 Å². The third kappa shape index (κ3) is 3.65. The highest BCUT2D eigenvalue weighted by molar-refractivity contribution is 6.11. The van der Waals surface area contributed by atoms with E-state index >= 15 is 4.39 Å². The minimum absolute atomic E-state index is 0.0442. The molecule has 0 saturated carbocycles. The minimum atomic E-state index is -0.623. The lowest BCUT2D eigenvalue weighted by Gasteiger charge is -2.14. The van der Waals surface area contributed by atoms with Crippen molar-refractivity contribution in [2.24, 2.45) is 10.7 Å². The standard InChI is InChI=1S/C25H20F2N8/c1-2-21-34-23-15(25(30)33-12-28)9-14(13-5-7-31-20(29)11-13)10-19(23)35(21)18-6-8-32-24-17(27)4-3-16(26)22(18)24/h3-12H,2H2,1H3,(H2,29,31)(H3,28,30,33). The number of aliphatic imine (C=N–C) groups is 1. The fourth-order valence-corrected chi connectivity index (χ4v) is 4.22. The number of rotatable bonds is 5. The van der Waals surface area contributed by atoms with E-state index in [4.69, 9.17) is 21.9 Å². The van der Waals surface area contributed by atoms with Crippen LogP contribution in [0.25, 0.3) is 38.8 Å². The number of fused-ring (bicyclic) bond motifs is 2. The number of aromatic nitrogens is 4. The summed E-state index contributed by atoms with van der Waals surface area (Å²) >= 11 is 0. The van der Waals surface area contributed by atoms with E-state index in [0.717, 1.165) is 29.6 Å². The summed E-state index contributed by atoms with van der Waals surface area (Å²) in [7, 11) is 0. The summed E-state index contributed by atoms with van der Waals surface area (Å²) < 4.78 is 31.3. The van der Waals surface area contributed by atoms with Crippen LogP contribution in [0.4, 0.5) is 14.6 Å². The minimum Gasteiger partial charge on any atom is -0.384 e. The number of hydrogen-bond acceptors (Lipinski definition) is 5. The number of nitrogens with zero attached hydrogens (tertiary/aromatic N) is 5. The van der Waals surface area contributed by atoms with E-state index in [1.165, 1.54) is 6.20 Å². The van der Waals surface area contributed by atoms with Gasteiger partial charge in [-0.3, -0.25) is 15.0 Å². The first-order chi connectivity index (χ1) is 16.9. The number of hydrogen-bond donors (Lipinski definition) is 3. The summed E-state index contributed by atoms with van der Waals surface area (Å²) in [5, 5.41) is 7.41. The Morgan fingerprint density at radius 2 is 1.80 bits per heavy atom. The molecule has 5 aromatic rings. The van der Waals surface area contributed by atoms with Gasteiger partial charge in [-0.05, 0) is 53.6 Å². The molecule has 0 bridgehead atoms. The van der Waals surface area contributed by atoms with Gasteiger partial charge in [0, 0.05) is 24.4 Å². The van der Waals surface area contributed by atoms with Crippen LogP contribution in [0.5, 0.6) is 0 Å². The molecule has 0 unspecified atom stereocenters. The van der Waals surface area contributed by atoms with Crippen LogP contribution in [-0.4, -0.2) is 31.7 Å². The highest BCUT2D eigenvalue weighted by atomic mass is 19.1. The van der Waals surface area contributed by atoms with Crippen LogP contribution in [0.1, 0.15) is 18.3 Å². The maximum atomic E-state index is 15.0. The van der Waals surface area contributed by atoms with E-state index in [2.05, 4.69) is 15.0 Å². The van der Waals surface area contributed by atoms with Crippen LogP contribution in [0.3, 0.4) is 0 Å². The second kappa shape index (κ2) is 8.56. The van der Waals surface area contributed by atoms with Crippen molar-refractivity contribution in [1.82, 2.24) is 19.5 Å². The van der Waals surface area contributed by atoms with E-state index in [-0.39, 0.29) is 16.7 Å². The van der Waals surface area contributed by atoms with E-state index in [0.29, 0.717) is 40.3 Å². The molecule has 0 spiro atoms. The molecule has 0 aliphatic rings. The molecular weight excluding hydrogens is 450 g/mol. The summed E-state index contributed by atoms with van der Waals surface area (Å²) in [6, 6.07) is 11.0. The first-order valence-corrected chi connectivity index (χ1v) is 10.8. The molecule has 0 saturated heterocycles. The Balaban J connectivity index is 1.93. The van der Waals surface area contributed by atoms with E-state index in [1.54, 1.807) is 35.0 Å². The molecule has 5 N–H and O–H groups in total. The molecule has 35 heavy (non-hydrogen) atoms. The number of nitrogens with one attached hydrogen (secondary N) is 1. The summed E-state index contributed by atoms with van der Waals surface area (Å²) in [6.07, 6.45) is 4.37. The molecular formula is C25H20F2N8. The molecule has 0 radical (unpaired) electrons. The number of nitrogens with two attached hydrogens (primary N) is 2. The Kier molecular flexibility index (Phi) is 5.40. The smallest absolute Gasteiger partial charge is 0.149 e. The van der Waals surface area contributed by atoms with E-state index in [9.17, 15) is 4.39 Å². The average molecular weight is 470 g/mol. The molecule has 10 heteroatoms. The molecule has 3 aromatic heterocycles.